The smallest absolute Gasteiger partial charge is 0.231 e. The number of hydrogen-bond acceptors (Lipinski definition) is 4. The lowest BCUT2D eigenvalue weighted by molar-refractivity contribution is -0.139. The number of amides is 1. The maximum atomic E-state index is 12.5. The Morgan fingerprint density at radius 2 is 1.92 bits per heavy atom. The van der Waals surface area contributed by atoms with Gasteiger partial charge in [-0.15, -0.1) is 0 Å². The standard InChI is InChI=1S/C21H27N3O2/c1-14(2)15-8-10-16(11-9-15)19-22-20(26-23-19)18-7-4-12-24(13-18)21(25)17-5-3-6-17/h8-11,14,17-18H,3-7,12-13H2,1-2H3/t18-/m0/s1. The van der Waals surface area contributed by atoms with Crippen molar-refractivity contribution < 1.29 is 9.32 Å². The van der Waals surface area contributed by atoms with Crippen molar-refractivity contribution in [3.05, 3.63) is 35.7 Å². The van der Waals surface area contributed by atoms with Crippen LogP contribution in [0.3, 0.4) is 0 Å². The molecule has 2 fully saturated rings. The molecule has 5 nitrogen and oxygen atoms in total. The Labute approximate surface area is 154 Å². The molecule has 0 spiro atoms. The highest BCUT2D eigenvalue weighted by Crippen LogP contribution is 2.32. The average Bonchev–Trinajstić information content (AvgIpc) is 3.10. The van der Waals surface area contributed by atoms with Gasteiger partial charge in [-0.2, -0.15) is 4.98 Å². The van der Waals surface area contributed by atoms with Gasteiger partial charge in [-0.3, -0.25) is 4.79 Å². The van der Waals surface area contributed by atoms with Gasteiger partial charge in [0.1, 0.15) is 0 Å². The van der Waals surface area contributed by atoms with Crippen LogP contribution >= 0.6 is 0 Å². The van der Waals surface area contributed by atoms with Crippen LogP contribution in [-0.4, -0.2) is 34.0 Å². The van der Waals surface area contributed by atoms with Gasteiger partial charge in [-0.05, 0) is 37.2 Å². The number of carbonyl (C=O) groups excluding carboxylic acids is 1. The fourth-order valence-electron chi connectivity index (χ4n) is 3.83. The molecule has 2 heterocycles. The zero-order valence-corrected chi connectivity index (χ0v) is 15.6. The fourth-order valence-corrected chi connectivity index (χ4v) is 3.83. The summed E-state index contributed by atoms with van der Waals surface area (Å²) < 4.78 is 5.57. The van der Waals surface area contributed by atoms with E-state index in [4.69, 9.17) is 4.52 Å². The number of piperidine rings is 1. The Hall–Kier alpha value is -2.17. The van der Waals surface area contributed by atoms with Gasteiger partial charge < -0.3 is 9.42 Å². The summed E-state index contributed by atoms with van der Waals surface area (Å²) >= 11 is 0. The molecule has 1 saturated carbocycles. The molecule has 2 aliphatic rings. The normalized spacial score (nSPS) is 21.0. The van der Waals surface area contributed by atoms with Crippen molar-refractivity contribution in [3.8, 4) is 11.4 Å². The van der Waals surface area contributed by atoms with E-state index >= 15 is 0 Å². The van der Waals surface area contributed by atoms with Gasteiger partial charge in [-0.1, -0.05) is 49.7 Å². The van der Waals surface area contributed by atoms with E-state index in [0.717, 1.165) is 37.8 Å². The van der Waals surface area contributed by atoms with E-state index in [2.05, 4.69) is 48.3 Å². The van der Waals surface area contributed by atoms with E-state index in [9.17, 15) is 4.79 Å². The zero-order valence-electron chi connectivity index (χ0n) is 15.6. The maximum absolute atomic E-state index is 12.5. The van der Waals surface area contributed by atoms with Gasteiger partial charge in [0.05, 0.1) is 5.92 Å². The number of benzene rings is 1. The first-order valence-corrected chi connectivity index (χ1v) is 9.84. The number of hydrogen-bond donors (Lipinski definition) is 0. The second-order valence-electron chi connectivity index (χ2n) is 7.98. The lowest BCUT2D eigenvalue weighted by Crippen LogP contribution is -2.44. The molecule has 1 aliphatic heterocycles. The molecule has 1 aromatic heterocycles. The summed E-state index contributed by atoms with van der Waals surface area (Å²) in [6, 6.07) is 8.35. The minimum atomic E-state index is 0.156. The summed E-state index contributed by atoms with van der Waals surface area (Å²) in [6.45, 7) is 5.94. The molecule has 138 valence electrons. The minimum Gasteiger partial charge on any atom is -0.342 e. The molecule has 26 heavy (non-hydrogen) atoms. The van der Waals surface area contributed by atoms with Crippen molar-refractivity contribution in [2.75, 3.05) is 13.1 Å². The molecule has 1 atom stereocenters. The van der Waals surface area contributed by atoms with E-state index in [0.29, 0.717) is 30.1 Å². The summed E-state index contributed by atoms with van der Waals surface area (Å²) in [5, 5.41) is 4.18. The van der Waals surface area contributed by atoms with Gasteiger partial charge in [-0.25, -0.2) is 0 Å². The Bertz CT molecular complexity index is 762. The molecule has 2 aromatic rings. The summed E-state index contributed by atoms with van der Waals surface area (Å²) in [7, 11) is 0. The van der Waals surface area contributed by atoms with Crippen LogP contribution in [0.2, 0.25) is 0 Å². The predicted molar refractivity (Wildman–Crippen MR) is 99.7 cm³/mol. The first-order valence-electron chi connectivity index (χ1n) is 9.84. The number of carbonyl (C=O) groups is 1. The predicted octanol–water partition coefficient (Wildman–Crippen LogP) is 4.37. The van der Waals surface area contributed by atoms with Gasteiger partial charge in [0.2, 0.25) is 17.6 Å². The Morgan fingerprint density at radius 3 is 2.58 bits per heavy atom. The van der Waals surface area contributed by atoms with Crippen LogP contribution in [0.4, 0.5) is 0 Å². The van der Waals surface area contributed by atoms with Crippen LogP contribution in [0.15, 0.2) is 28.8 Å². The minimum absolute atomic E-state index is 0.156. The molecule has 0 unspecified atom stereocenters. The number of rotatable bonds is 4. The van der Waals surface area contributed by atoms with Crippen LogP contribution in [0.1, 0.15) is 69.2 Å². The summed E-state index contributed by atoms with van der Waals surface area (Å²) in [6.07, 6.45) is 5.30. The van der Waals surface area contributed by atoms with Crippen LogP contribution in [-0.2, 0) is 4.79 Å². The molecule has 0 N–H and O–H groups in total. The van der Waals surface area contributed by atoms with Crippen molar-refractivity contribution >= 4 is 5.91 Å². The maximum Gasteiger partial charge on any atom is 0.231 e. The highest BCUT2D eigenvalue weighted by Gasteiger charge is 2.34. The Kier molecular flexibility index (Phi) is 4.79. The van der Waals surface area contributed by atoms with E-state index in [1.54, 1.807) is 0 Å². The zero-order chi connectivity index (χ0) is 18.1. The van der Waals surface area contributed by atoms with Gasteiger partial charge in [0, 0.05) is 24.6 Å². The Balaban J connectivity index is 1.45. The highest BCUT2D eigenvalue weighted by atomic mass is 16.5. The molecule has 1 aromatic carbocycles. The van der Waals surface area contributed by atoms with Gasteiger partial charge >= 0.3 is 0 Å². The molecule has 1 aliphatic carbocycles. The SMILES string of the molecule is CC(C)c1ccc(-c2noc([C@H]3CCCN(C(=O)C4CCC4)C3)n2)cc1. The second kappa shape index (κ2) is 7.22. The van der Waals surface area contributed by atoms with Crippen LogP contribution in [0, 0.1) is 5.92 Å². The first-order chi connectivity index (χ1) is 12.6. The number of aromatic nitrogens is 2. The fraction of sp³-hybridized carbons (Fsp3) is 0.571. The second-order valence-corrected chi connectivity index (χ2v) is 7.98. The van der Waals surface area contributed by atoms with E-state index < -0.39 is 0 Å². The Morgan fingerprint density at radius 1 is 1.15 bits per heavy atom. The summed E-state index contributed by atoms with van der Waals surface area (Å²) in [4.78, 5) is 19.2. The molecule has 5 heteroatoms. The summed E-state index contributed by atoms with van der Waals surface area (Å²) in [5.41, 5.74) is 2.28. The molecular weight excluding hydrogens is 326 g/mol. The number of nitrogens with zero attached hydrogens (tertiary/aromatic N) is 3. The third-order valence-corrected chi connectivity index (χ3v) is 5.81. The molecule has 1 amide bonds. The average molecular weight is 353 g/mol. The molecular formula is C21H27N3O2. The molecule has 4 rings (SSSR count). The molecule has 0 bridgehead atoms. The summed E-state index contributed by atoms with van der Waals surface area (Å²) in [5.74, 6) is 2.54. The largest absolute Gasteiger partial charge is 0.342 e. The first kappa shape index (κ1) is 17.3. The van der Waals surface area contributed by atoms with Crippen molar-refractivity contribution in [3.63, 3.8) is 0 Å². The van der Waals surface area contributed by atoms with Gasteiger partial charge in [0.25, 0.3) is 0 Å². The third kappa shape index (κ3) is 3.39. The van der Waals surface area contributed by atoms with Crippen molar-refractivity contribution in [1.82, 2.24) is 15.0 Å². The molecule has 1 saturated heterocycles. The quantitative estimate of drug-likeness (QED) is 0.819. The van der Waals surface area contributed by atoms with Crippen LogP contribution in [0.5, 0.6) is 0 Å². The van der Waals surface area contributed by atoms with E-state index in [1.165, 1.54) is 12.0 Å². The van der Waals surface area contributed by atoms with Crippen molar-refractivity contribution in [1.29, 1.82) is 0 Å². The van der Waals surface area contributed by atoms with Crippen LogP contribution in [0.25, 0.3) is 11.4 Å². The topological polar surface area (TPSA) is 59.2 Å². The van der Waals surface area contributed by atoms with E-state index in [1.807, 2.05) is 4.90 Å². The third-order valence-electron chi connectivity index (χ3n) is 5.81. The van der Waals surface area contributed by atoms with Gasteiger partial charge in [0.15, 0.2) is 0 Å². The lowest BCUT2D eigenvalue weighted by atomic mass is 9.83. The van der Waals surface area contributed by atoms with Crippen molar-refractivity contribution in [2.45, 2.75) is 57.8 Å². The number of likely N-dealkylation sites (tertiary alicyclic amines) is 1. The van der Waals surface area contributed by atoms with Crippen molar-refractivity contribution in [2.24, 2.45) is 5.92 Å². The van der Waals surface area contributed by atoms with E-state index in [-0.39, 0.29) is 11.8 Å². The lowest BCUT2D eigenvalue weighted by Gasteiger charge is -2.36. The monoisotopic (exact) mass is 353 g/mol. The highest BCUT2D eigenvalue weighted by molar-refractivity contribution is 5.79. The molecule has 0 radical (unpaired) electrons. The van der Waals surface area contributed by atoms with Crippen LogP contribution < -0.4 is 0 Å².